The van der Waals surface area contributed by atoms with E-state index < -0.39 is 5.60 Å². The first-order chi connectivity index (χ1) is 10.8. The van der Waals surface area contributed by atoms with Crippen molar-refractivity contribution in [1.29, 1.82) is 0 Å². The second kappa shape index (κ2) is 5.72. The number of rotatable bonds is 1. The quantitative estimate of drug-likeness (QED) is 0.868. The number of nitrogens with one attached hydrogen (secondary N) is 1. The second-order valence-corrected chi connectivity index (χ2v) is 6.94. The highest BCUT2D eigenvalue weighted by Crippen LogP contribution is 2.28. The summed E-state index contributed by atoms with van der Waals surface area (Å²) in [5.74, 6) is 0. The summed E-state index contributed by atoms with van der Waals surface area (Å²) < 4.78 is 5.43. The van der Waals surface area contributed by atoms with Gasteiger partial charge in [-0.1, -0.05) is 6.08 Å². The number of ether oxygens (including phenoxy) is 1. The van der Waals surface area contributed by atoms with Crippen LogP contribution >= 0.6 is 0 Å². The van der Waals surface area contributed by atoms with Crippen molar-refractivity contribution in [3.63, 3.8) is 0 Å². The lowest BCUT2D eigenvalue weighted by Crippen LogP contribution is -2.39. The van der Waals surface area contributed by atoms with E-state index in [0.29, 0.717) is 13.1 Å². The van der Waals surface area contributed by atoms with Gasteiger partial charge in [-0.2, -0.15) is 0 Å². The summed E-state index contributed by atoms with van der Waals surface area (Å²) >= 11 is 0. The van der Waals surface area contributed by atoms with Crippen LogP contribution < -0.4 is 0 Å². The van der Waals surface area contributed by atoms with Crippen LogP contribution in [0.3, 0.4) is 0 Å². The summed E-state index contributed by atoms with van der Waals surface area (Å²) in [6.07, 6.45) is 6.43. The second-order valence-electron chi connectivity index (χ2n) is 6.94. The van der Waals surface area contributed by atoms with Crippen molar-refractivity contribution in [2.24, 2.45) is 0 Å². The zero-order valence-electron chi connectivity index (χ0n) is 14.1. The highest BCUT2D eigenvalue weighted by Gasteiger charge is 2.24. The van der Waals surface area contributed by atoms with Gasteiger partial charge in [0.2, 0.25) is 0 Å². The van der Waals surface area contributed by atoms with E-state index in [9.17, 15) is 4.79 Å². The molecule has 1 aliphatic heterocycles. The van der Waals surface area contributed by atoms with E-state index in [0.717, 1.165) is 17.6 Å². The predicted molar refractivity (Wildman–Crippen MR) is 91.2 cm³/mol. The van der Waals surface area contributed by atoms with E-state index in [1.54, 1.807) is 4.90 Å². The van der Waals surface area contributed by atoms with E-state index in [2.05, 4.69) is 29.0 Å². The first-order valence-corrected chi connectivity index (χ1v) is 7.95. The lowest BCUT2D eigenvalue weighted by molar-refractivity contribution is 0.0270. The van der Waals surface area contributed by atoms with Crippen LogP contribution in [-0.2, 0) is 4.74 Å². The fourth-order valence-electron chi connectivity index (χ4n) is 2.87. The van der Waals surface area contributed by atoms with Gasteiger partial charge in [0.15, 0.2) is 0 Å². The summed E-state index contributed by atoms with van der Waals surface area (Å²) in [6, 6.07) is 2.08. The Bertz CT molecular complexity index is 768. The number of amides is 1. The van der Waals surface area contributed by atoms with Gasteiger partial charge in [-0.3, -0.25) is 4.98 Å². The van der Waals surface area contributed by atoms with Gasteiger partial charge >= 0.3 is 6.09 Å². The monoisotopic (exact) mass is 313 g/mol. The Kier molecular flexibility index (Phi) is 3.88. The van der Waals surface area contributed by atoms with Crippen LogP contribution in [0.5, 0.6) is 0 Å². The molecule has 23 heavy (non-hydrogen) atoms. The van der Waals surface area contributed by atoms with E-state index in [4.69, 9.17) is 4.74 Å². The average Bonchev–Trinajstić information content (AvgIpc) is 2.95. The van der Waals surface area contributed by atoms with Crippen LogP contribution in [0.25, 0.3) is 16.5 Å². The molecule has 2 aromatic rings. The molecule has 0 fully saturated rings. The van der Waals surface area contributed by atoms with E-state index >= 15 is 0 Å². The smallest absolute Gasteiger partial charge is 0.410 e. The molecule has 0 saturated carbocycles. The third-order valence-corrected chi connectivity index (χ3v) is 4.03. The molecule has 0 atom stereocenters. The lowest BCUT2D eigenvalue weighted by Gasteiger charge is -2.29. The summed E-state index contributed by atoms with van der Waals surface area (Å²) in [6.45, 7) is 8.98. The SMILES string of the molecule is Cc1c(C2=CCN(C(=O)OC(C)(C)C)CC2)ncc2[nH]ccc12. The number of pyridine rings is 1. The van der Waals surface area contributed by atoms with Crippen molar-refractivity contribution in [1.82, 2.24) is 14.9 Å². The maximum Gasteiger partial charge on any atom is 0.410 e. The van der Waals surface area contributed by atoms with Crippen LogP contribution in [0.1, 0.15) is 38.4 Å². The van der Waals surface area contributed by atoms with Gasteiger partial charge in [0.1, 0.15) is 5.60 Å². The van der Waals surface area contributed by atoms with E-state index in [-0.39, 0.29) is 6.09 Å². The molecule has 0 unspecified atom stereocenters. The van der Waals surface area contributed by atoms with Gasteiger partial charge < -0.3 is 14.6 Å². The normalized spacial score (nSPS) is 15.7. The van der Waals surface area contributed by atoms with Crippen LogP contribution in [0.2, 0.25) is 0 Å². The van der Waals surface area contributed by atoms with Crippen molar-refractivity contribution in [2.75, 3.05) is 13.1 Å². The van der Waals surface area contributed by atoms with Gasteiger partial charge in [0.25, 0.3) is 0 Å². The standard InChI is InChI=1S/C18H23N3O2/c1-12-14-5-8-19-15(14)11-20-16(12)13-6-9-21(10-7-13)17(22)23-18(2,3)4/h5-6,8,11,19H,7,9-10H2,1-4H3. The van der Waals surface area contributed by atoms with Gasteiger partial charge in [-0.15, -0.1) is 0 Å². The first kappa shape index (κ1) is 15.6. The third-order valence-electron chi connectivity index (χ3n) is 4.03. The van der Waals surface area contributed by atoms with Crippen LogP contribution in [0.4, 0.5) is 4.79 Å². The first-order valence-electron chi connectivity index (χ1n) is 7.95. The minimum absolute atomic E-state index is 0.251. The van der Waals surface area contributed by atoms with E-state index in [1.165, 1.54) is 16.5 Å². The zero-order valence-corrected chi connectivity index (χ0v) is 14.1. The predicted octanol–water partition coefficient (Wildman–Crippen LogP) is 3.90. The topological polar surface area (TPSA) is 58.2 Å². The van der Waals surface area contributed by atoms with Crippen LogP contribution in [-0.4, -0.2) is 39.7 Å². The van der Waals surface area contributed by atoms with Crippen molar-refractivity contribution in [3.8, 4) is 0 Å². The third kappa shape index (κ3) is 3.23. The fraction of sp³-hybridized carbons (Fsp3) is 0.444. The molecule has 0 bridgehead atoms. The number of aromatic amines is 1. The van der Waals surface area contributed by atoms with Crippen molar-refractivity contribution >= 4 is 22.6 Å². The number of aryl methyl sites for hydroxylation is 1. The van der Waals surface area contributed by atoms with Crippen LogP contribution in [0, 0.1) is 6.92 Å². The number of carbonyl (C=O) groups is 1. The summed E-state index contributed by atoms with van der Waals surface area (Å²) in [4.78, 5) is 21.6. The molecule has 5 nitrogen and oxygen atoms in total. The Hall–Kier alpha value is -2.30. The minimum Gasteiger partial charge on any atom is -0.444 e. The molecule has 3 rings (SSSR count). The number of carbonyl (C=O) groups excluding carboxylic acids is 1. The number of H-pyrrole nitrogens is 1. The van der Waals surface area contributed by atoms with Gasteiger partial charge in [0, 0.05) is 24.7 Å². The van der Waals surface area contributed by atoms with Gasteiger partial charge in [0.05, 0.1) is 17.4 Å². The zero-order chi connectivity index (χ0) is 16.6. The average molecular weight is 313 g/mol. The lowest BCUT2D eigenvalue weighted by atomic mass is 9.99. The number of nitrogens with zero attached hydrogens (tertiary/aromatic N) is 2. The Morgan fingerprint density at radius 2 is 2.17 bits per heavy atom. The maximum absolute atomic E-state index is 12.1. The molecule has 0 radical (unpaired) electrons. The number of aromatic nitrogens is 2. The molecule has 5 heteroatoms. The molecule has 0 spiro atoms. The minimum atomic E-state index is -0.460. The van der Waals surface area contributed by atoms with Crippen LogP contribution in [0.15, 0.2) is 24.5 Å². The van der Waals surface area contributed by atoms with Crippen molar-refractivity contribution in [3.05, 3.63) is 35.8 Å². The van der Waals surface area contributed by atoms with E-state index in [1.807, 2.05) is 33.2 Å². The molecule has 0 saturated heterocycles. The molecule has 3 heterocycles. The molecule has 1 amide bonds. The fourth-order valence-corrected chi connectivity index (χ4v) is 2.87. The largest absolute Gasteiger partial charge is 0.444 e. The van der Waals surface area contributed by atoms with Crippen molar-refractivity contribution < 1.29 is 9.53 Å². The number of hydrogen-bond donors (Lipinski definition) is 1. The molecular weight excluding hydrogens is 290 g/mol. The van der Waals surface area contributed by atoms with Crippen molar-refractivity contribution in [2.45, 2.75) is 39.7 Å². The Balaban J connectivity index is 1.78. The summed E-state index contributed by atoms with van der Waals surface area (Å²) in [5, 5.41) is 1.20. The molecule has 1 aliphatic rings. The molecule has 0 aromatic carbocycles. The molecule has 122 valence electrons. The van der Waals surface area contributed by atoms with Gasteiger partial charge in [-0.25, -0.2) is 4.79 Å². The molecular formula is C18H23N3O2. The maximum atomic E-state index is 12.1. The molecule has 2 aromatic heterocycles. The molecule has 1 N–H and O–H groups in total. The Morgan fingerprint density at radius 1 is 1.39 bits per heavy atom. The highest BCUT2D eigenvalue weighted by molar-refractivity contribution is 5.86. The van der Waals surface area contributed by atoms with Gasteiger partial charge in [-0.05, 0) is 51.3 Å². The number of hydrogen-bond acceptors (Lipinski definition) is 3. The Labute approximate surface area is 136 Å². The summed E-state index contributed by atoms with van der Waals surface area (Å²) in [7, 11) is 0. The Morgan fingerprint density at radius 3 is 2.83 bits per heavy atom. The molecule has 0 aliphatic carbocycles. The highest BCUT2D eigenvalue weighted by atomic mass is 16.6. The summed E-state index contributed by atoms with van der Waals surface area (Å²) in [5.41, 5.74) is 4.00. The number of fused-ring (bicyclic) bond motifs is 1.